The lowest BCUT2D eigenvalue weighted by Gasteiger charge is -2.37. The summed E-state index contributed by atoms with van der Waals surface area (Å²) in [7, 11) is -2.90. The number of imidazole rings is 1. The fraction of sp³-hybridized carbons (Fsp3) is 0.500. The summed E-state index contributed by atoms with van der Waals surface area (Å²) in [5.41, 5.74) is 1.86. The molecule has 0 amide bonds. The second-order valence-corrected chi connectivity index (χ2v) is 8.28. The molecule has 0 atom stereocenters. The van der Waals surface area contributed by atoms with Crippen molar-refractivity contribution in [3.63, 3.8) is 0 Å². The molecule has 0 saturated heterocycles. The first-order valence-electron chi connectivity index (χ1n) is 8.78. The Bertz CT molecular complexity index is 647. The van der Waals surface area contributed by atoms with Gasteiger partial charge in [-0.2, -0.15) is 0 Å². The fourth-order valence-corrected chi connectivity index (χ4v) is 6.20. The van der Waals surface area contributed by atoms with Crippen molar-refractivity contribution < 1.29 is 4.57 Å². The summed E-state index contributed by atoms with van der Waals surface area (Å²) in [6.07, 6.45) is 3.69. The van der Waals surface area contributed by atoms with Crippen LogP contribution in [0.3, 0.4) is 0 Å². The van der Waals surface area contributed by atoms with E-state index in [1.807, 2.05) is 29.0 Å². The third-order valence-corrected chi connectivity index (χ3v) is 7.93. The van der Waals surface area contributed by atoms with Gasteiger partial charge in [0.05, 0.1) is 0 Å². The number of hydrogen-bond donors (Lipinski definition) is 0. The molecule has 1 aromatic carbocycles. The molecular formula is C18H29N4OP. The molecule has 0 saturated carbocycles. The van der Waals surface area contributed by atoms with Gasteiger partial charge < -0.3 is 4.57 Å². The minimum Gasteiger partial charge on any atom is -0.322 e. The van der Waals surface area contributed by atoms with Crippen molar-refractivity contribution in [1.29, 1.82) is 0 Å². The number of hydrogen-bond acceptors (Lipinski definition) is 2. The lowest BCUT2D eigenvalue weighted by molar-refractivity contribution is 0.366. The second kappa shape index (κ2) is 8.61. The Kier molecular flexibility index (Phi) is 6.79. The molecule has 0 aliphatic rings. The molecule has 0 unspecified atom stereocenters. The van der Waals surface area contributed by atoms with Gasteiger partial charge in [-0.25, -0.2) is 14.3 Å². The van der Waals surface area contributed by atoms with Crippen molar-refractivity contribution in [2.45, 2.75) is 34.2 Å². The first-order valence-corrected chi connectivity index (χ1v) is 10.4. The summed E-state index contributed by atoms with van der Waals surface area (Å²) in [5.74, 6) is 0. The van der Waals surface area contributed by atoms with Crippen LogP contribution in [0.5, 0.6) is 0 Å². The molecule has 24 heavy (non-hydrogen) atoms. The molecule has 2 aromatic rings. The van der Waals surface area contributed by atoms with Gasteiger partial charge in [-0.15, -0.1) is 0 Å². The Balaban J connectivity index is 2.48. The molecule has 0 radical (unpaired) electrons. The minimum atomic E-state index is -2.90. The number of nitrogens with zero attached hydrogens (tertiary/aromatic N) is 4. The van der Waals surface area contributed by atoms with Crippen LogP contribution in [0.1, 0.15) is 33.3 Å². The lowest BCUT2D eigenvalue weighted by atomic mass is 10.2. The lowest BCUT2D eigenvalue weighted by Crippen LogP contribution is -2.40. The molecule has 1 heterocycles. The van der Waals surface area contributed by atoms with Crippen molar-refractivity contribution in [3.05, 3.63) is 48.3 Å². The van der Waals surface area contributed by atoms with Crippen LogP contribution in [0.15, 0.2) is 42.7 Å². The van der Waals surface area contributed by atoms with Gasteiger partial charge in [-0.3, -0.25) is 4.57 Å². The maximum atomic E-state index is 14.2. The molecule has 1 aromatic heterocycles. The molecule has 0 spiro atoms. The van der Waals surface area contributed by atoms with Crippen molar-refractivity contribution in [1.82, 2.24) is 18.9 Å². The van der Waals surface area contributed by atoms with Crippen LogP contribution in [0.4, 0.5) is 0 Å². The van der Waals surface area contributed by atoms with E-state index < -0.39 is 7.44 Å². The van der Waals surface area contributed by atoms with Gasteiger partial charge in [0.15, 0.2) is 5.57 Å². The summed E-state index contributed by atoms with van der Waals surface area (Å²) >= 11 is 0. The molecule has 6 heteroatoms. The Morgan fingerprint density at radius 3 is 2.00 bits per heavy atom. The van der Waals surface area contributed by atoms with Crippen LogP contribution < -0.4 is 5.57 Å². The van der Waals surface area contributed by atoms with Crippen LogP contribution in [-0.4, -0.2) is 45.1 Å². The zero-order valence-electron chi connectivity index (χ0n) is 15.2. The third-order valence-electron chi connectivity index (χ3n) is 4.38. The molecule has 5 nitrogen and oxygen atoms in total. The van der Waals surface area contributed by atoms with Crippen molar-refractivity contribution >= 4 is 13.0 Å². The quantitative estimate of drug-likeness (QED) is 0.651. The molecule has 0 fully saturated rings. The van der Waals surface area contributed by atoms with Gasteiger partial charge in [0, 0.05) is 45.1 Å². The zero-order valence-corrected chi connectivity index (χ0v) is 16.1. The minimum absolute atomic E-state index is 0.679. The Labute approximate surface area is 145 Å². The number of benzene rings is 1. The third kappa shape index (κ3) is 3.64. The van der Waals surface area contributed by atoms with Gasteiger partial charge in [0.25, 0.3) is 7.44 Å². The first-order chi connectivity index (χ1) is 11.6. The van der Waals surface area contributed by atoms with E-state index in [-0.39, 0.29) is 0 Å². The molecular weight excluding hydrogens is 319 g/mol. The van der Waals surface area contributed by atoms with Crippen LogP contribution in [0.25, 0.3) is 0 Å². The zero-order chi connectivity index (χ0) is 17.6. The normalized spacial score (nSPS) is 12.2. The summed E-state index contributed by atoms with van der Waals surface area (Å²) < 4.78 is 20.3. The van der Waals surface area contributed by atoms with Crippen LogP contribution in [0, 0.1) is 0 Å². The van der Waals surface area contributed by atoms with Gasteiger partial charge in [0.2, 0.25) is 0 Å². The number of aromatic nitrogens is 2. The average Bonchev–Trinajstić information content (AvgIpc) is 3.06. The van der Waals surface area contributed by atoms with Crippen LogP contribution >= 0.6 is 7.44 Å². The SMILES string of the molecule is CCN(CC)P(=O)(c1nccn1Cc1ccccc1)N(CC)CC. The molecule has 132 valence electrons. The molecule has 0 N–H and O–H groups in total. The van der Waals surface area contributed by atoms with E-state index in [0.29, 0.717) is 12.1 Å². The van der Waals surface area contributed by atoms with Gasteiger partial charge in [-0.1, -0.05) is 58.0 Å². The summed E-state index contributed by atoms with van der Waals surface area (Å²) in [6.45, 7) is 11.9. The summed E-state index contributed by atoms with van der Waals surface area (Å²) in [6, 6.07) is 10.2. The van der Waals surface area contributed by atoms with Crippen LogP contribution in [-0.2, 0) is 11.1 Å². The van der Waals surface area contributed by atoms with Gasteiger partial charge >= 0.3 is 0 Å². The van der Waals surface area contributed by atoms with E-state index in [9.17, 15) is 4.57 Å². The summed E-state index contributed by atoms with van der Waals surface area (Å²) in [5, 5.41) is 0. The van der Waals surface area contributed by atoms with Gasteiger partial charge in [0.1, 0.15) is 0 Å². The Morgan fingerprint density at radius 2 is 1.50 bits per heavy atom. The van der Waals surface area contributed by atoms with E-state index >= 15 is 0 Å². The maximum Gasteiger partial charge on any atom is 0.280 e. The van der Waals surface area contributed by atoms with E-state index in [0.717, 1.165) is 26.2 Å². The van der Waals surface area contributed by atoms with E-state index in [1.54, 1.807) is 6.20 Å². The number of rotatable bonds is 9. The fourth-order valence-electron chi connectivity index (χ4n) is 3.11. The maximum absolute atomic E-state index is 14.2. The highest BCUT2D eigenvalue weighted by Crippen LogP contribution is 2.51. The molecule has 0 aliphatic carbocycles. The Hall–Kier alpha value is -1.42. The second-order valence-electron chi connectivity index (χ2n) is 5.66. The van der Waals surface area contributed by atoms with Crippen molar-refractivity contribution in [2.24, 2.45) is 0 Å². The topological polar surface area (TPSA) is 41.4 Å². The molecule has 0 bridgehead atoms. The smallest absolute Gasteiger partial charge is 0.280 e. The predicted molar refractivity (Wildman–Crippen MR) is 101 cm³/mol. The highest BCUT2D eigenvalue weighted by Gasteiger charge is 2.39. The highest BCUT2D eigenvalue weighted by molar-refractivity contribution is 7.66. The standard InChI is InChI=1S/C18H29N4OP/c1-5-21(6-2)24(23,22(7-3)8-4)18-19-14-15-20(18)16-17-12-10-9-11-13-17/h9-15H,5-8,16H2,1-4H3. The van der Waals surface area contributed by atoms with E-state index in [4.69, 9.17) is 0 Å². The van der Waals surface area contributed by atoms with E-state index in [1.165, 1.54) is 5.56 Å². The van der Waals surface area contributed by atoms with E-state index in [2.05, 4.69) is 54.2 Å². The Morgan fingerprint density at radius 1 is 0.958 bits per heavy atom. The van der Waals surface area contributed by atoms with Crippen molar-refractivity contribution in [3.8, 4) is 0 Å². The molecule has 0 aliphatic heterocycles. The monoisotopic (exact) mass is 348 g/mol. The molecule has 2 rings (SSSR count). The predicted octanol–water partition coefficient (Wildman–Crippen LogP) is 3.43. The largest absolute Gasteiger partial charge is 0.322 e. The average molecular weight is 348 g/mol. The van der Waals surface area contributed by atoms with Crippen molar-refractivity contribution in [2.75, 3.05) is 26.2 Å². The van der Waals surface area contributed by atoms with Crippen LogP contribution in [0.2, 0.25) is 0 Å². The summed E-state index contributed by atoms with van der Waals surface area (Å²) in [4.78, 5) is 4.53. The van der Waals surface area contributed by atoms with Gasteiger partial charge in [-0.05, 0) is 5.56 Å². The highest BCUT2D eigenvalue weighted by atomic mass is 31.2. The first kappa shape index (κ1) is 18.9.